The highest BCUT2D eigenvalue weighted by molar-refractivity contribution is 6.45. The van der Waals surface area contributed by atoms with E-state index >= 15 is 0 Å². The molecule has 28 heavy (non-hydrogen) atoms. The number of aryl methyl sites for hydroxylation is 4. The van der Waals surface area contributed by atoms with Gasteiger partial charge in [-0.3, -0.25) is 0 Å². The van der Waals surface area contributed by atoms with Gasteiger partial charge in [-0.25, -0.2) is 0 Å². The van der Waals surface area contributed by atoms with Gasteiger partial charge in [-0.2, -0.15) is 0 Å². The molecule has 7 aromatic rings. The number of hydrogen-bond acceptors (Lipinski definition) is 0. The molecule has 7 aromatic carbocycles. The van der Waals surface area contributed by atoms with Gasteiger partial charge in [0.05, 0.1) is 0 Å². The summed E-state index contributed by atoms with van der Waals surface area (Å²) in [5, 5.41) is 17.2. The summed E-state index contributed by atoms with van der Waals surface area (Å²) in [6.07, 6.45) is 0. The lowest BCUT2D eigenvalue weighted by molar-refractivity contribution is 1.41. The van der Waals surface area contributed by atoms with Crippen molar-refractivity contribution in [2.75, 3.05) is 0 Å². The first-order valence-corrected chi connectivity index (χ1v) is 10.1. The third-order valence-corrected chi connectivity index (χ3v) is 7.61. The fourth-order valence-electron chi connectivity index (χ4n) is 5.93. The number of benzene rings is 7. The number of rotatable bonds is 0. The molecule has 0 bridgehead atoms. The van der Waals surface area contributed by atoms with E-state index in [1.54, 1.807) is 0 Å². The summed E-state index contributed by atoms with van der Waals surface area (Å²) in [7, 11) is 0. The Morgan fingerprint density at radius 1 is 0.321 bits per heavy atom. The van der Waals surface area contributed by atoms with Gasteiger partial charge in [-0.15, -0.1) is 0 Å². The molecular formula is C28H20. The molecule has 0 saturated heterocycles. The summed E-state index contributed by atoms with van der Waals surface area (Å²) in [4.78, 5) is 0. The van der Waals surface area contributed by atoms with E-state index in [1.165, 1.54) is 86.9 Å². The fraction of sp³-hybridized carbons (Fsp3) is 0.143. The smallest absolute Gasteiger partial charge is 0.00110 e. The van der Waals surface area contributed by atoms with Crippen LogP contribution in [-0.2, 0) is 0 Å². The summed E-state index contributed by atoms with van der Waals surface area (Å²) in [6, 6.07) is 18.7. The van der Waals surface area contributed by atoms with Crippen LogP contribution in [0.4, 0.5) is 0 Å². The van der Waals surface area contributed by atoms with Crippen molar-refractivity contribution >= 4 is 64.6 Å². The Hall–Kier alpha value is -3.12. The summed E-state index contributed by atoms with van der Waals surface area (Å²) in [6.45, 7) is 9.15. The van der Waals surface area contributed by atoms with Gasteiger partial charge in [0.25, 0.3) is 0 Å². The predicted molar refractivity (Wildman–Crippen MR) is 124 cm³/mol. The molecule has 0 aliphatic rings. The zero-order valence-corrected chi connectivity index (χ0v) is 16.6. The van der Waals surface area contributed by atoms with Crippen molar-refractivity contribution in [3.8, 4) is 0 Å². The van der Waals surface area contributed by atoms with E-state index in [9.17, 15) is 0 Å². The molecule has 0 heterocycles. The van der Waals surface area contributed by atoms with Crippen LogP contribution in [0.3, 0.4) is 0 Å². The van der Waals surface area contributed by atoms with E-state index in [0.29, 0.717) is 0 Å². The molecule has 0 aliphatic heterocycles. The third-order valence-electron chi connectivity index (χ3n) is 7.61. The van der Waals surface area contributed by atoms with E-state index in [0.717, 1.165) is 0 Å². The van der Waals surface area contributed by atoms with Gasteiger partial charge in [0, 0.05) is 0 Å². The Labute approximate surface area is 163 Å². The molecule has 0 N–H and O–H groups in total. The molecule has 0 fully saturated rings. The van der Waals surface area contributed by atoms with E-state index in [2.05, 4.69) is 76.2 Å². The van der Waals surface area contributed by atoms with Crippen LogP contribution in [0.2, 0.25) is 0 Å². The van der Waals surface area contributed by atoms with Crippen LogP contribution in [-0.4, -0.2) is 0 Å². The van der Waals surface area contributed by atoms with Crippen molar-refractivity contribution in [1.29, 1.82) is 0 Å². The Kier molecular flexibility index (Phi) is 2.38. The molecule has 0 atom stereocenters. The highest BCUT2D eigenvalue weighted by Gasteiger charge is 2.23. The normalized spacial score (nSPS) is 13.0. The molecule has 0 saturated carbocycles. The Morgan fingerprint density at radius 2 is 0.571 bits per heavy atom. The topological polar surface area (TPSA) is 0 Å². The van der Waals surface area contributed by atoms with Gasteiger partial charge in [0.15, 0.2) is 0 Å². The van der Waals surface area contributed by atoms with Crippen molar-refractivity contribution in [2.24, 2.45) is 0 Å². The van der Waals surface area contributed by atoms with Crippen LogP contribution >= 0.6 is 0 Å². The second kappa shape index (κ2) is 4.47. The Balaban J connectivity index is 2.08. The zero-order valence-electron chi connectivity index (χ0n) is 16.6. The van der Waals surface area contributed by atoms with Crippen LogP contribution < -0.4 is 0 Å². The van der Waals surface area contributed by atoms with Crippen molar-refractivity contribution < 1.29 is 0 Å². The van der Waals surface area contributed by atoms with Gasteiger partial charge < -0.3 is 0 Å². The minimum absolute atomic E-state index is 1.36. The van der Waals surface area contributed by atoms with Crippen molar-refractivity contribution in [3.05, 3.63) is 70.8 Å². The highest BCUT2D eigenvalue weighted by Crippen LogP contribution is 2.50. The van der Waals surface area contributed by atoms with E-state index in [1.807, 2.05) is 0 Å². The van der Waals surface area contributed by atoms with Gasteiger partial charge in [-0.1, -0.05) is 48.5 Å². The molecule has 0 unspecified atom stereocenters. The zero-order chi connectivity index (χ0) is 18.9. The molecule has 0 amide bonds. The third kappa shape index (κ3) is 1.39. The molecule has 0 heteroatoms. The Bertz CT molecular complexity index is 1480. The second-order valence-electron chi connectivity index (χ2n) is 8.65. The monoisotopic (exact) mass is 356 g/mol. The quantitative estimate of drug-likeness (QED) is 0.190. The molecular weight excluding hydrogens is 336 g/mol. The maximum absolute atomic E-state index is 2.34. The molecule has 0 aliphatic carbocycles. The van der Waals surface area contributed by atoms with Crippen LogP contribution in [0.25, 0.3) is 64.6 Å². The summed E-state index contributed by atoms with van der Waals surface area (Å²) >= 11 is 0. The first-order valence-electron chi connectivity index (χ1n) is 10.1. The molecule has 132 valence electrons. The van der Waals surface area contributed by atoms with Gasteiger partial charge in [-0.05, 0) is 115 Å². The lowest BCUT2D eigenvalue weighted by Crippen LogP contribution is -1.98. The first-order chi connectivity index (χ1) is 13.6. The van der Waals surface area contributed by atoms with Crippen molar-refractivity contribution in [1.82, 2.24) is 0 Å². The second-order valence-corrected chi connectivity index (χ2v) is 8.65. The minimum Gasteiger partial charge on any atom is -0.0537 e. The summed E-state index contributed by atoms with van der Waals surface area (Å²) in [5.41, 5.74) is 5.67. The van der Waals surface area contributed by atoms with E-state index in [4.69, 9.17) is 0 Å². The number of hydrogen-bond donors (Lipinski definition) is 0. The lowest BCUT2D eigenvalue weighted by Gasteiger charge is -2.24. The van der Waals surface area contributed by atoms with E-state index in [-0.39, 0.29) is 0 Å². The van der Waals surface area contributed by atoms with Gasteiger partial charge in [0.2, 0.25) is 0 Å². The largest absolute Gasteiger partial charge is 0.0537 e. The molecule has 0 radical (unpaired) electrons. The average Bonchev–Trinajstić information content (AvgIpc) is 2.73. The Morgan fingerprint density at radius 3 is 0.821 bits per heavy atom. The maximum atomic E-state index is 2.34. The van der Waals surface area contributed by atoms with Gasteiger partial charge in [0.1, 0.15) is 0 Å². The molecule has 0 nitrogen and oxygen atoms in total. The van der Waals surface area contributed by atoms with Crippen LogP contribution in [0, 0.1) is 27.7 Å². The summed E-state index contributed by atoms with van der Waals surface area (Å²) < 4.78 is 0. The average molecular weight is 356 g/mol. The van der Waals surface area contributed by atoms with Crippen molar-refractivity contribution in [2.45, 2.75) is 27.7 Å². The first kappa shape index (κ1) is 14.9. The summed E-state index contributed by atoms with van der Waals surface area (Å²) in [5.74, 6) is 0. The van der Waals surface area contributed by atoms with Crippen LogP contribution in [0.1, 0.15) is 22.3 Å². The highest BCUT2D eigenvalue weighted by atomic mass is 14.3. The SMILES string of the molecule is Cc1c(C)c2ccc3ccc4c(C)c(C)c5ccc6ccc1c1c6c5c4c3c21. The van der Waals surface area contributed by atoms with Crippen LogP contribution in [0.15, 0.2) is 48.5 Å². The maximum Gasteiger partial charge on any atom is -0.00110 e. The van der Waals surface area contributed by atoms with E-state index < -0.39 is 0 Å². The standard InChI is InChI=1S/C28H20/c1-13-14(2)20-10-6-18-8-12-22-16(4)15(3)21-11-7-17-5-9-19(13)25-23(17)27(21)28(22)24(18)26(20)25/h5-12H,1-4H3. The fourth-order valence-corrected chi connectivity index (χ4v) is 5.93. The predicted octanol–water partition coefficient (Wildman–Crippen LogP) is 8.15. The van der Waals surface area contributed by atoms with Crippen molar-refractivity contribution in [3.63, 3.8) is 0 Å². The molecule has 0 aromatic heterocycles. The van der Waals surface area contributed by atoms with Crippen LogP contribution in [0.5, 0.6) is 0 Å². The van der Waals surface area contributed by atoms with Gasteiger partial charge >= 0.3 is 0 Å². The molecule has 7 rings (SSSR count). The minimum atomic E-state index is 1.36. The lowest BCUT2D eigenvalue weighted by atomic mass is 9.79. The molecule has 0 spiro atoms.